The van der Waals surface area contributed by atoms with Crippen molar-refractivity contribution in [2.75, 3.05) is 6.54 Å². The average Bonchev–Trinajstić information content (AvgIpc) is 2.83. The first kappa shape index (κ1) is 16.0. The van der Waals surface area contributed by atoms with E-state index < -0.39 is 17.4 Å². The minimum Gasteiger partial charge on any atom is -0.481 e. The number of hydrogen-bond acceptors (Lipinski definition) is 4. The van der Waals surface area contributed by atoms with Crippen molar-refractivity contribution in [1.29, 1.82) is 0 Å². The van der Waals surface area contributed by atoms with Crippen LogP contribution in [-0.2, 0) is 11.3 Å². The van der Waals surface area contributed by atoms with Gasteiger partial charge in [-0.1, -0.05) is 19.0 Å². The number of carbonyl (C=O) groups is 2. The van der Waals surface area contributed by atoms with Crippen molar-refractivity contribution in [3.8, 4) is 0 Å². The van der Waals surface area contributed by atoms with Crippen LogP contribution in [0.15, 0.2) is 10.6 Å². The molecule has 0 saturated heterocycles. The van der Waals surface area contributed by atoms with Crippen LogP contribution in [-0.4, -0.2) is 28.8 Å². The standard InChI is InChI=1S/C13H21N3O4/c1-4-13(5-2,11(17)18)8-15-12(19)14-7-10-6-9(3)16-20-10/h6H,4-5,7-8H2,1-3H3,(H,17,18)(H2,14,15,19). The first-order valence-corrected chi connectivity index (χ1v) is 6.61. The van der Waals surface area contributed by atoms with Crippen molar-refractivity contribution in [2.45, 2.75) is 40.2 Å². The third-order valence-corrected chi connectivity index (χ3v) is 3.49. The minimum atomic E-state index is -0.917. The number of carboxylic acid groups (broad SMARTS) is 1. The number of nitrogens with one attached hydrogen (secondary N) is 2. The van der Waals surface area contributed by atoms with E-state index in [1.54, 1.807) is 26.8 Å². The molecule has 1 aromatic rings. The number of urea groups is 1. The molecule has 0 unspecified atom stereocenters. The highest BCUT2D eigenvalue weighted by molar-refractivity contribution is 5.78. The molecular formula is C13H21N3O4. The zero-order valence-electron chi connectivity index (χ0n) is 12.0. The lowest BCUT2D eigenvalue weighted by atomic mass is 9.82. The smallest absolute Gasteiger partial charge is 0.315 e. The Balaban J connectivity index is 2.44. The lowest BCUT2D eigenvalue weighted by molar-refractivity contribution is -0.149. The van der Waals surface area contributed by atoms with Gasteiger partial charge >= 0.3 is 12.0 Å². The highest BCUT2D eigenvalue weighted by Gasteiger charge is 2.35. The highest BCUT2D eigenvalue weighted by atomic mass is 16.5. The summed E-state index contributed by atoms with van der Waals surface area (Å²) in [7, 11) is 0. The van der Waals surface area contributed by atoms with Gasteiger partial charge in [-0.25, -0.2) is 4.79 Å². The number of aryl methyl sites for hydroxylation is 1. The van der Waals surface area contributed by atoms with Crippen LogP contribution in [0.25, 0.3) is 0 Å². The quantitative estimate of drug-likeness (QED) is 0.706. The molecule has 0 radical (unpaired) electrons. The van der Waals surface area contributed by atoms with E-state index in [-0.39, 0.29) is 13.1 Å². The largest absolute Gasteiger partial charge is 0.481 e. The Labute approximate surface area is 117 Å². The van der Waals surface area contributed by atoms with Gasteiger partial charge in [0.15, 0.2) is 5.76 Å². The fraction of sp³-hybridized carbons (Fsp3) is 0.615. The van der Waals surface area contributed by atoms with E-state index in [0.29, 0.717) is 18.6 Å². The predicted octanol–water partition coefficient (Wildman–Crippen LogP) is 1.67. The Hall–Kier alpha value is -2.05. The van der Waals surface area contributed by atoms with Crippen molar-refractivity contribution >= 4 is 12.0 Å². The number of nitrogens with zero attached hydrogens (tertiary/aromatic N) is 1. The molecule has 3 N–H and O–H groups in total. The third kappa shape index (κ3) is 3.97. The summed E-state index contributed by atoms with van der Waals surface area (Å²) in [6, 6.07) is 1.30. The molecule has 0 aliphatic rings. The van der Waals surface area contributed by atoms with Gasteiger partial charge in [-0.15, -0.1) is 0 Å². The molecule has 1 heterocycles. The molecule has 0 saturated carbocycles. The Morgan fingerprint density at radius 3 is 2.45 bits per heavy atom. The van der Waals surface area contributed by atoms with E-state index in [2.05, 4.69) is 15.8 Å². The summed E-state index contributed by atoms with van der Waals surface area (Å²) in [5.41, 5.74) is -0.177. The summed E-state index contributed by atoms with van der Waals surface area (Å²) >= 11 is 0. The number of aliphatic carboxylic acids is 1. The Bertz CT molecular complexity index is 466. The van der Waals surface area contributed by atoms with Gasteiger partial charge in [0.05, 0.1) is 17.7 Å². The molecule has 1 rings (SSSR count). The molecule has 7 nitrogen and oxygen atoms in total. The van der Waals surface area contributed by atoms with E-state index >= 15 is 0 Å². The van der Waals surface area contributed by atoms with Crippen LogP contribution in [0.4, 0.5) is 4.79 Å². The molecule has 0 bridgehead atoms. The second-order valence-electron chi connectivity index (χ2n) is 4.76. The van der Waals surface area contributed by atoms with Crippen LogP contribution in [0, 0.1) is 12.3 Å². The number of rotatable bonds is 7. The van der Waals surface area contributed by atoms with Crippen LogP contribution < -0.4 is 10.6 Å². The van der Waals surface area contributed by atoms with Crippen molar-refractivity contribution in [2.24, 2.45) is 5.41 Å². The van der Waals surface area contributed by atoms with Crippen LogP contribution in [0.3, 0.4) is 0 Å². The summed E-state index contributed by atoms with van der Waals surface area (Å²) < 4.78 is 4.95. The number of aromatic nitrogens is 1. The van der Waals surface area contributed by atoms with Gasteiger partial charge < -0.3 is 20.3 Å². The van der Waals surface area contributed by atoms with Crippen LogP contribution in [0.5, 0.6) is 0 Å². The van der Waals surface area contributed by atoms with E-state index in [1.165, 1.54) is 0 Å². The van der Waals surface area contributed by atoms with Crippen LogP contribution >= 0.6 is 0 Å². The highest BCUT2D eigenvalue weighted by Crippen LogP contribution is 2.25. The Kier molecular flexibility index (Phi) is 5.54. The van der Waals surface area contributed by atoms with Crippen LogP contribution in [0.2, 0.25) is 0 Å². The van der Waals surface area contributed by atoms with Gasteiger partial charge in [-0.05, 0) is 19.8 Å². The van der Waals surface area contributed by atoms with Crippen molar-refractivity contribution < 1.29 is 19.2 Å². The average molecular weight is 283 g/mol. The minimum absolute atomic E-state index is 0.0938. The van der Waals surface area contributed by atoms with Crippen LogP contribution in [0.1, 0.15) is 38.1 Å². The zero-order chi connectivity index (χ0) is 15.2. The maximum absolute atomic E-state index is 11.6. The molecule has 0 spiro atoms. The molecule has 0 aliphatic heterocycles. The fourth-order valence-electron chi connectivity index (χ4n) is 1.86. The monoisotopic (exact) mass is 283 g/mol. The second kappa shape index (κ2) is 6.93. The summed E-state index contributed by atoms with van der Waals surface area (Å²) in [6.07, 6.45) is 0.917. The van der Waals surface area contributed by atoms with E-state index in [0.717, 1.165) is 5.69 Å². The first-order valence-electron chi connectivity index (χ1n) is 6.61. The summed E-state index contributed by atoms with van der Waals surface area (Å²) in [5, 5.41) is 18.1. The number of amides is 2. The van der Waals surface area contributed by atoms with Crippen molar-refractivity contribution in [1.82, 2.24) is 15.8 Å². The molecule has 20 heavy (non-hydrogen) atoms. The fourth-order valence-corrected chi connectivity index (χ4v) is 1.86. The molecule has 0 fully saturated rings. The lowest BCUT2D eigenvalue weighted by Crippen LogP contribution is -2.45. The number of hydrogen-bond donors (Lipinski definition) is 3. The zero-order valence-corrected chi connectivity index (χ0v) is 12.0. The molecule has 7 heteroatoms. The van der Waals surface area contributed by atoms with E-state index in [1.807, 2.05) is 0 Å². The van der Waals surface area contributed by atoms with Gasteiger partial charge in [-0.2, -0.15) is 0 Å². The lowest BCUT2D eigenvalue weighted by Gasteiger charge is -2.26. The molecule has 0 atom stereocenters. The van der Waals surface area contributed by atoms with Gasteiger partial charge in [0.2, 0.25) is 0 Å². The van der Waals surface area contributed by atoms with Crippen molar-refractivity contribution in [3.05, 3.63) is 17.5 Å². The molecule has 0 aromatic carbocycles. The normalized spacial score (nSPS) is 11.2. The maximum atomic E-state index is 11.6. The maximum Gasteiger partial charge on any atom is 0.315 e. The summed E-state index contributed by atoms with van der Waals surface area (Å²) in [6.45, 7) is 5.70. The SMILES string of the molecule is CCC(CC)(CNC(=O)NCc1cc(C)no1)C(=O)O. The second-order valence-corrected chi connectivity index (χ2v) is 4.76. The first-order chi connectivity index (χ1) is 9.43. The predicted molar refractivity (Wildman–Crippen MR) is 72.1 cm³/mol. The molecular weight excluding hydrogens is 262 g/mol. The van der Waals surface area contributed by atoms with Gasteiger partial charge in [-0.3, -0.25) is 4.79 Å². The molecule has 2 amide bonds. The summed E-state index contributed by atoms with van der Waals surface area (Å²) in [5.74, 6) is -0.346. The van der Waals surface area contributed by atoms with E-state index in [4.69, 9.17) is 4.52 Å². The number of carbonyl (C=O) groups excluding carboxylic acids is 1. The molecule has 0 aliphatic carbocycles. The van der Waals surface area contributed by atoms with Crippen molar-refractivity contribution in [3.63, 3.8) is 0 Å². The third-order valence-electron chi connectivity index (χ3n) is 3.49. The Morgan fingerprint density at radius 2 is 2.00 bits per heavy atom. The Morgan fingerprint density at radius 1 is 1.35 bits per heavy atom. The van der Waals surface area contributed by atoms with E-state index in [9.17, 15) is 14.7 Å². The molecule has 112 valence electrons. The molecule has 1 aromatic heterocycles. The van der Waals surface area contributed by atoms with Gasteiger partial charge in [0.1, 0.15) is 0 Å². The van der Waals surface area contributed by atoms with Gasteiger partial charge in [0, 0.05) is 12.6 Å². The summed E-state index contributed by atoms with van der Waals surface area (Å²) in [4.78, 5) is 22.9. The number of carboxylic acids is 1. The topological polar surface area (TPSA) is 104 Å². The van der Waals surface area contributed by atoms with Gasteiger partial charge in [0.25, 0.3) is 0 Å².